The van der Waals surface area contributed by atoms with E-state index in [9.17, 15) is 18.0 Å². The molecule has 1 aromatic carbocycles. The lowest BCUT2D eigenvalue weighted by Gasteiger charge is -2.41. The van der Waals surface area contributed by atoms with Gasteiger partial charge in [-0.3, -0.25) is 4.79 Å². The maximum Gasteiger partial charge on any atom is 0.411 e. The average Bonchev–Trinajstić information content (AvgIpc) is 3.20. The fourth-order valence-corrected chi connectivity index (χ4v) is 4.55. The van der Waals surface area contributed by atoms with Crippen LogP contribution >= 0.6 is 0 Å². The molecule has 4 rings (SSSR count). The van der Waals surface area contributed by atoms with Gasteiger partial charge in [0.25, 0.3) is 5.91 Å². The number of ether oxygens (including phenoxy) is 1. The molecule has 1 N–H and O–H groups in total. The first-order chi connectivity index (χ1) is 14.7. The van der Waals surface area contributed by atoms with Crippen LogP contribution in [0.15, 0.2) is 24.5 Å². The number of rotatable bonds is 4. The van der Waals surface area contributed by atoms with Crippen LogP contribution in [0.2, 0.25) is 0 Å². The number of likely N-dealkylation sites (tertiary alicyclic amines) is 1. The Morgan fingerprint density at radius 3 is 2.74 bits per heavy atom. The standard InChI is InChI=1S/C21H26F3N5O2/c1-13-5-3-6-14(2)19(13)31-11-18(30)28-8-4-7-15(10-28)16-9-17(21(22,23)24)29-20(27-16)25-12-26-29/h3,5-6,12,15-17H,4,7-11H2,1-2H3,(H,25,26,27)/t15?,16-,17+/m0/s1. The minimum atomic E-state index is -4.41. The number of alkyl halides is 3. The summed E-state index contributed by atoms with van der Waals surface area (Å²) in [5, 5.41) is 6.84. The molecule has 0 saturated carbocycles. The number of aryl methyl sites for hydroxylation is 2. The first-order valence-corrected chi connectivity index (χ1v) is 10.4. The minimum Gasteiger partial charge on any atom is -0.483 e. The fourth-order valence-electron chi connectivity index (χ4n) is 4.55. The predicted octanol–water partition coefficient (Wildman–Crippen LogP) is 3.50. The Labute approximate surface area is 178 Å². The summed E-state index contributed by atoms with van der Waals surface area (Å²) < 4.78 is 47.4. The summed E-state index contributed by atoms with van der Waals surface area (Å²) in [6.07, 6.45) is -1.93. The number of para-hydroxylation sites is 1. The quantitative estimate of drug-likeness (QED) is 0.793. The van der Waals surface area contributed by atoms with Crippen LogP contribution in [0, 0.1) is 19.8 Å². The summed E-state index contributed by atoms with van der Waals surface area (Å²) >= 11 is 0. The van der Waals surface area contributed by atoms with E-state index in [-0.39, 0.29) is 30.8 Å². The first kappa shape index (κ1) is 21.5. The lowest BCUT2D eigenvalue weighted by atomic mass is 9.86. The Morgan fingerprint density at radius 2 is 2.03 bits per heavy atom. The van der Waals surface area contributed by atoms with Crippen LogP contribution in [-0.4, -0.2) is 57.5 Å². The molecule has 3 heterocycles. The van der Waals surface area contributed by atoms with Gasteiger partial charge in [-0.1, -0.05) is 18.2 Å². The highest BCUT2D eigenvalue weighted by atomic mass is 19.4. The highest BCUT2D eigenvalue weighted by molar-refractivity contribution is 5.78. The predicted molar refractivity (Wildman–Crippen MR) is 108 cm³/mol. The number of halogens is 3. The van der Waals surface area contributed by atoms with Gasteiger partial charge in [0.2, 0.25) is 5.95 Å². The number of piperidine rings is 1. The van der Waals surface area contributed by atoms with Crippen molar-refractivity contribution in [1.29, 1.82) is 0 Å². The average molecular weight is 437 g/mol. The molecule has 31 heavy (non-hydrogen) atoms. The number of nitrogens with zero attached hydrogens (tertiary/aromatic N) is 4. The van der Waals surface area contributed by atoms with Crippen LogP contribution in [0.5, 0.6) is 5.75 Å². The van der Waals surface area contributed by atoms with E-state index in [0.29, 0.717) is 18.8 Å². The molecule has 2 aliphatic heterocycles. The third-order valence-corrected chi connectivity index (χ3v) is 6.17. The fraction of sp³-hybridized carbons (Fsp3) is 0.571. The molecule has 0 aliphatic carbocycles. The van der Waals surface area contributed by atoms with E-state index in [1.54, 1.807) is 4.90 Å². The van der Waals surface area contributed by atoms with Crippen LogP contribution in [0.3, 0.4) is 0 Å². The Balaban J connectivity index is 1.41. The molecule has 168 valence electrons. The smallest absolute Gasteiger partial charge is 0.411 e. The van der Waals surface area contributed by atoms with Gasteiger partial charge in [0.1, 0.15) is 12.1 Å². The van der Waals surface area contributed by atoms with Crippen molar-refractivity contribution in [1.82, 2.24) is 19.7 Å². The molecular formula is C21H26F3N5O2. The van der Waals surface area contributed by atoms with E-state index < -0.39 is 18.3 Å². The summed E-state index contributed by atoms with van der Waals surface area (Å²) in [5.41, 5.74) is 1.91. The van der Waals surface area contributed by atoms with Gasteiger partial charge in [-0.05, 0) is 50.2 Å². The van der Waals surface area contributed by atoms with Crippen molar-refractivity contribution in [3.63, 3.8) is 0 Å². The second-order valence-corrected chi connectivity index (χ2v) is 8.32. The topological polar surface area (TPSA) is 72.3 Å². The van der Waals surface area contributed by atoms with Crippen LogP contribution in [0.25, 0.3) is 0 Å². The summed E-state index contributed by atoms with van der Waals surface area (Å²) in [6, 6.07) is 3.64. The van der Waals surface area contributed by atoms with Crippen LogP contribution in [-0.2, 0) is 4.79 Å². The summed E-state index contributed by atoms with van der Waals surface area (Å²) in [5.74, 6) is 0.568. The Bertz CT molecular complexity index is 925. The van der Waals surface area contributed by atoms with Gasteiger partial charge >= 0.3 is 6.18 Å². The normalized spacial score (nSPS) is 23.8. The van der Waals surface area contributed by atoms with Gasteiger partial charge in [-0.2, -0.15) is 23.3 Å². The zero-order valence-corrected chi connectivity index (χ0v) is 17.5. The van der Waals surface area contributed by atoms with E-state index in [1.165, 1.54) is 0 Å². The molecule has 10 heteroatoms. The minimum absolute atomic E-state index is 0.0873. The third-order valence-electron chi connectivity index (χ3n) is 6.17. The van der Waals surface area contributed by atoms with E-state index in [2.05, 4.69) is 15.4 Å². The molecule has 1 saturated heterocycles. The van der Waals surface area contributed by atoms with Gasteiger partial charge in [0.05, 0.1) is 0 Å². The van der Waals surface area contributed by atoms with Gasteiger partial charge in [0, 0.05) is 19.1 Å². The summed E-state index contributed by atoms with van der Waals surface area (Å²) in [6.45, 7) is 4.74. The molecule has 2 aromatic rings. The molecule has 0 bridgehead atoms. The summed E-state index contributed by atoms with van der Waals surface area (Å²) in [4.78, 5) is 18.4. The number of fused-ring (bicyclic) bond motifs is 1. The van der Waals surface area contributed by atoms with Crippen molar-refractivity contribution in [2.75, 3.05) is 25.0 Å². The van der Waals surface area contributed by atoms with Gasteiger partial charge in [-0.15, -0.1) is 0 Å². The largest absolute Gasteiger partial charge is 0.483 e. The van der Waals surface area contributed by atoms with Crippen molar-refractivity contribution in [2.24, 2.45) is 5.92 Å². The molecule has 2 aliphatic rings. The first-order valence-electron chi connectivity index (χ1n) is 10.4. The van der Waals surface area contributed by atoms with E-state index >= 15 is 0 Å². The number of anilines is 1. The molecule has 3 atom stereocenters. The Kier molecular flexibility index (Phi) is 5.81. The van der Waals surface area contributed by atoms with Gasteiger partial charge < -0.3 is 15.0 Å². The molecule has 1 aromatic heterocycles. The van der Waals surface area contributed by atoms with Crippen LogP contribution in [0.1, 0.15) is 36.4 Å². The van der Waals surface area contributed by atoms with Gasteiger partial charge in [0.15, 0.2) is 12.6 Å². The molecule has 7 nitrogen and oxygen atoms in total. The molecule has 0 spiro atoms. The zero-order chi connectivity index (χ0) is 22.2. The number of hydrogen-bond donors (Lipinski definition) is 1. The lowest BCUT2D eigenvalue weighted by molar-refractivity contribution is -0.175. The highest BCUT2D eigenvalue weighted by Crippen LogP contribution is 2.40. The second-order valence-electron chi connectivity index (χ2n) is 8.32. The number of nitrogens with one attached hydrogen (secondary N) is 1. The van der Waals surface area contributed by atoms with E-state index in [4.69, 9.17) is 4.74 Å². The maximum absolute atomic E-state index is 13.6. The van der Waals surface area contributed by atoms with E-state index in [1.807, 2.05) is 32.0 Å². The number of aromatic nitrogens is 3. The maximum atomic E-state index is 13.6. The van der Waals surface area contributed by atoms with Crippen LogP contribution < -0.4 is 10.1 Å². The number of carbonyl (C=O) groups is 1. The van der Waals surface area contributed by atoms with E-state index in [0.717, 1.165) is 35.0 Å². The highest BCUT2D eigenvalue weighted by Gasteiger charge is 2.48. The second kappa shape index (κ2) is 8.39. The van der Waals surface area contributed by atoms with Crippen molar-refractivity contribution in [3.05, 3.63) is 35.7 Å². The molecule has 1 fully saturated rings. The number of amides is 1. The lowest BCUT2D eigenvalue weighted by Crippen LogP contribution is -2.50. The molecule has 1 amide bonds. The van der Waals surface area contributed by atoms with Crippen molar-refractivity contribution in [3.8, 4) is 5.75 Å². The molecule has 0 radical (unpaired) electrons. The van der Waals surface area contributed by atoms with Crippen molar-refractivity contribution >= 4 is 11.9 Å². The third kappa shape index (κ3) is 4.47. The number of hydrogen-bond acceptors (Lipinski definition) is 5. The Morgan fingerprint density at radius 1 is 1.29 bits per heavy atom. The molecular weight excluding hydrogens is 411 g/mol. The van der Waals surface area contributed by atoms with Crippen molar-refractivity contribution in [2.45, 2.75) is 51.4 Å². The SMILES string of the molecule is Cc1cccc(C)c1OCC(=O)N1CCCC([C@@H]2C[C@H](C(F)(F)F)n3ncnc3N2)C1. The molecule has 1 unspecified atom stereocenters. The Hall–Kier alpha value is -2.78. The number of carbonyl (C=O) groups excluding carboxylic acids is 1. The van der Waals surface area contributed by atoms with Gasteiger partial charge in [-0.25, -0.2) is 4.68 Å². The zero-order valence-electron chi connectivity index (χ0n) is 17.5. The summed E-state index contributed by atoms with van der Waals surface area (Å²) in [7, 11) is 0. The van der Waals surface area contributed by atoms with Crippen molar-refractivity contribution < 1.29 is 22.7 Å². The number of benzene rings is 1. The monoisotopic (exact) mass is 437 g/mol. The van der Waals surface area contributed by atoms with Crippen LogP contribution in [0.4, 0.5) is 19.1 Å².